The Balaban J connectivity index is 1.29. The van der Waals surface area contributed by atoms with Gasteiger partial charge in [0.25, 0.3) is 0 Å². The fourth-order valence-corrected chi connectivity index (χ4v) is 4.45. The molecule has 25 heavy (non-hydrogen) atoms. The van der Waals surface area contributed by atoms with Crippen LogP contribution in [0.4, 0.5) is 5.82 Å². The molecule has 0 bridgehead atoms. The Kier molecular flexibility index (Phi) is 5.18. The van der Waals surface area contributed by atoms with Crippen LogP contribution >= 0.6 is 11.6 Å². The van der Waals surface area contributed by atoms with Gasteiger partial charge >= 0.3 is 0 Å². The van der Waals surface area contributed by atoms with Crippen molar-refractivity contribution >= 4 is 28.4 Å². The van der Waals surface area contributed by atoms with Gasteiger partial charge in [0.05, 0.1) is 5.39 Å². The van der Waals surface area contributed by atoms with E-state index in [0.717, 1.165) is 54.8 Å². The second-order valence-corrected chi connectivity index (χ2v) is 8.33. The van der Waals surface area contributed by atoms with Crippen molar-refractivity contribution in [3.8, 4) is 0 Å². The van der Waals surface area contributed by atoms with Gasteiger partial charge in [0.15, 0.2) is 11.4 Å². The van der Waals surface area contributed by atoms with Crippen LogP contribution in [0.25, 0.3) is 11.0 Å². The van der Waals surface area contributed by atoms with Crippen molar-refractivity contribution in [1.82, 2.24) is 10.1 Å². The molecule has 1 saturated heterocycles. The summed E-state index contributed by atoms with van der Waals surface area (Å²) in [5.41, 5.74) is 0.774. The molecule has 2 heterocycles. The van der Waals surface area contributed by atoms with E-state index in [0.29, 0.717) is 5.02 Å². The van der Waals surface area contributed by atoms with Crippen molar-refractivity contribution in [2.75, 3.05) is 37.6 Å². The average molecular weight is 362 g/mol. The van der Waals surface area contributed by atoms with E-state index in [9.17, 15) is 0 Å². The van der Waals surface area contributed by atoms with E-state index < -0.39 is 0 Å². The van der Waals surface area contributed by atoms with Gasteiger partial charge in [-0.05, 0) is 36.9 Å². The van der Waals surface area contributed by atoms with Crippen molar-refractivity contribution in [2.45, 2.75) is 39.0 Å². The van der Waals surface area contributed by atoms with Gasteiger partial charge in [-0.15, -0.1) is 0 Å². The lowest BCUT2D eigenvalue weighted by Gasteiger charge is -2.36. The lowest BCUT2D eigenvalue weighted by Crippen LogP contribution is -2.47. The van der Waals surface area contributed by atoms with E-state index in [4.69, 9.17) is 16.1 Å². The molecule has 2 aromatic rings. The van der Waals surface area contributed by atoms with Crippen LogP contribution in [-0.2, 0) is 0 Å². The number of rotatable bonds is 4. The summed E-state index contributed by atoms with van der Waals surface area (Å²) in [7, 11) is 0. The first kappa shape index (κ1) is 17.2. The summed E-state index contributed by atoms with van der Waals surface area (Å²) in [6, 6.07) is 5.76. The zero-order valence-electron chi connectivity index (χ0n) is 15.1. The molecule has 1 aliphatic heterocycles. The molecule has 2 aliphatic rings. The number of aromatic nitrogens is 1. The summed E-state index contributed by atoms with van der Waals surface area (Å²) >= 11 is 6.03. The van der Waals surface area contributed by atoms with Crippen molar-refractivity contribution in [1.29, 1.82) is 0 Å². The largest absolute Gasteiger partial charge is 0.354 e. The van der Waals surface area contributed by atoms with Crippen LogP contribution in [-0.4, -0.2) is 42.8 Å². The van der Waals surface area contributed by atoms with Crippen LogP contribution in [0.5, 0.6) is 0 Å². The molecule has 1 aliphatic carbocycles. The van der Waals surface area contributed by atoms with Gasteiger partial charge in [0.2, 0.25) is 0 Å². The fourth-order valence-electron chi connectivity index (χ4n) is 4.29. The first-order valence-corrected chi connectivity index (χ1v) is 10.1. The van der Waals surface area contributed by atoms with E-state index in [-0.39, 0.29) is 0 Å². The molecule has 0 radical (unpaired) electrons. The number of hydrogen-bond acceptors (Lipinski definition) is 4. The summed E-state index contributed by atoms with van der Waals surface area (Å²) < 4.78 is 5.46. The van der Waals surface area contributed by atoms with E-state index in [1.807, 2.05) is 18.2 Å². The van der Waals surface area contributed by atoms with Crippen molar-refractivity contribution in [3.63, 3.8) is 0 Å². The summed E-state index contributed by atoms with van der Waals surface area (Å²) in [4.78, 5) is 4.96. The van der Waals surface area contributed by atoms with Crippen LogP contribution < -0.4 is 4.90 Å². The fraction of sp³-hybridized carbons (Fsp3) is 0.650. The number of hydrogen-bond donors (Lipinski definition) is 0. The highest BCUT2D eigenvalue weighted by Gasteiger charge is 2.23. The monoisotopic (exact) mass is 361 g/mol. The predicted octanol–water partition coefficient (Wildman–Crippen LogP) is 4.82. The highest BCUT2D eigenvalue weighted by Crippen LogP contribution is 2.31. The van der Waals surface area contributed by atoms with Gasteiger partial charge in [0, 0.05) is 37.3 Å². The molecule has 0 amide bonds. The van der Waals surface area contributed by atoms with Crippen LogP contribution in [0, 0.1) is 11.8 Å². The molecule has 0 spiro atoms. The third kappa shape index (κ3) is 3.95. The van der Waals surface area contributed by atoms with Gasteiger partial charge in [-0.3, -0.25) is 4.90 Å². The minimum Gasteiger partial charge on any atom is -0.354 e. The molecule has 1 saturated carbocycles. The molecule has 0 unspecified atom stereocenters. The molecular weight excluding hydrogens is 334 g/mol. The first-order chi connectivity index (χ1) is 12.2. The molecule has 1 aromatic heterocycles. The summed E-state index contributed by atoms with van der Waals surface area (Å²) in [5, 5.41) is 6.04. The summed E-state index contributed by atoms with van der Waals surface area (Å²) in [6.07, 6.45) is 7.12. The predicted molar refractivity (Wildman–Crippen MR) is 103 cm³/mol. The number of anilines is 1. The molecule has 0 N–H and O–H groups in total. The topological polar surface area (TPSA) is 32.5 Å². The number of halogens is 1. The van der Waals surface area contributed by atoms with Crippen molar-refractivity contribution in [3.05, 3.63) is 23.2 Å². The Bertz CT molecular complexity index is 700. The third-order valence-corrected chi connectivity index (χ3v) is 6.31. The molecule has 0 atom stereocenters. The zero-order chi connectivity index (χ0) is 17.2. The second-order valence-electron chi connectivity index (χ2n) is 7.89. The Morgan fingerprint density at radius 1 is 1.12 bits per heavy atom. The van der Waals surface area contributed by atoms with Crippen LogP contribution in [0.15, 0.2) is 22.7 Å². The molecule has 1 aromatic carbocycles. The summed E-state index contributed by atoms with van der Waals surface area (Å²) in [6.45, 7) is 7.92. The van der Waals surface area contributed by atoms with Crippen LogP contribution in [0.1, 0.15) is 39.0 Å². The molecule has 4 nitrogen and oxygen atoms in total. The van der Waals surface area contributed by atoms with Crippen LogP contribution in [0.3, 0.4) is 0 Å². The molecule has 136 valence electrons. The standard InChI is InChI=1S/C20H28ClN3O/c1-15-2-4-16(5-3-15)8-9-23-10-12-24(13-11-23)20-18-7-6-17(21)14-19(18)25-22-20/h6-7,14-16H,2-5,8-13H2,1H3. The van der Waals surface area contributed by atoms with E-state index >= 15 is 0 Å². The molecular formula is C20H28ClN3O. The maximum Gasteiger partial charge on any atom is 0.180 e. The Morgan fingerprint density at radius 3 is 2.64 bits per heavy atom. The Hall–Kier alpha value is -1.26. The lowest BCUT2D eigenvalue weighted by atomic mass is 9.81. The zero-order valence-corrected chi connectivity index (χ0v) is 15.8. The number of nitrogens with zero attached hydrogens (tertiary/aromatic N) is 3. The molecule has 2 fully saturated rings. The lowest BCUT2D eigenvalue weighted by molar-refractivity contribution is 0.208. The Labute approximate surface area is 155 Å². The van der Waals surface area contributed by atoms with E-state index in [1.54, 1.807) is 0 Å². The minimum atomic E-state index is 0.692. The van der Waals surface area contributed by atoms with Gasteiger partial charge in [-0.25, -0.2) is 0 Å². The number of piperazine rings is 1. The minimum absolute atomic E-state index is 0.692. The third-order valence-electron chi connectivity index (χ3n) is 6.08. The normalized spacial score (nSPS) is 25.6. The van der Waals surface area contributed by atoms with Gasteiger partial charge in [-0.2, -0.15) is 0 Å². The highest BCUT2D eigenvalue weighted by atomic mass is 35.5. The van der Waals surface area contributed by atoms with Crippen molar-refractivity contribution in [2.24, 2.45) is 11.8 Å². The maximum atomic E-state index is 6.03. The molecule has 5 heteroatoms. The van der Waals surface area contributed by atoms with Gasteiger partial charge in [-0.1, -0.05) is 49.4 Å². The van der Waals surface area contributed by atoms with Gasteiger partial charge in [0.1, 0.15) is 0 Å². The average Bonchev–Trinajstić information content (AvgIpc) is 3.04. The molecule has 4 rings (SSSR count). The van der Waals surface area contributed by atoms with Crippen molar-refractivity contribution < 1.29 is 4.52 Å². The SMILES string of the molecule is CC1CCC(CCN2CCN(c3noc4cc(Cl)ccc34)CC2)CC1. The highest BCUT2D eigenvalue weighted by molar-refractivity contribution is 6.31. The van der Waals surface area contributed by atoms with E-state index in [2.05, 4.69) is 21.9 Å². The van der Waals surface area contributed by atoms with Gasteiger partial charge < -0.3 is 9.42 Å². The second kappa shape index (κ2) is 7.55. The number of fused-ring (bicyclic) bond motifs is 1. The smallest absolute Gasteiger partial charge is 0.180 e. The summed E-state index contributed by atoms with van der Waals surface area (Å²) in [5.74, 6) is 2.87. The quantitative estimate of drug-likeness (QED) is 0.781. The Morgan fingerprint density at radius 2 is 1.88 bits per heavy atom. The van der Waals surface area contributed by atoms with E-state index in [1.165, 1.54) is 38.6 Å². The maximum absolute atomic E-state index is 6.03. The first-order valence-electron chi connectivity index (χ1n) is 9.71. The van der Waals surface area contributed by atoms with Crippen LogP contribution in [0.2, 0.25) is 5.02 Å². The number of benzene rings is 1.